The second kappa shape index (κ2) is 18.8. The summed E-state index contributed by atoms with van der Waals surface area (Å²) >= 11 is 10.0. The van der Waals surface area contributed by atoms with Gasteiger partial charge in [0.1, 0.15) is 5.82 Å². The Bertz CT molecular complexity index is 1150. The molecule has 1 aliphatic heterocycles. The van der Waals surface area contributed by atoms with Gasteiger partial charge in [0.05, 0.1) is 22.7 Å². The van der Waals surface area contributed by atoms with E-state index in [4.69, 9.17) is 38.8 Å². The number of hydrogen-bond donors (Lipinski definition) is 0. The first-order valence-corrected chi connectivity index (χ1v) is 10.1. The van der Waals surface area contributed by atoms with E-state index >= 15 is 0 Å². The number of carboxylic acids is 1. The molecule has 0 unspecified atom stereocenters. The molecule has 1 saturated heterocycles. The number of aromatic nitrogens is 1. The van der Waals surface area contributed by atoms with Crippen molar-refractivity contribution in [1.29, 1.82) is 0 Å². The summed E-state index contributed by atoms with van der Waals surface area (Å²) in [6.07, 6.45) is 3.12. The number of fused-ring (bicyclic) bond motifs is 1. The molecule has 187 valence electrons. The van der Waals surface area contributed by atoms with Crippen molar-refractivity contribution in [2.75, 3.05) is 31.1 Å². The van der Waals surface area contributed by atoms with Crippen molar-refractivity contribution in [1.82, 2.24) is 9.47 Å². The van der Waals surface area contributed by atoms with Gasteiger partial charge < -0.3 is 54.6 Å². The van der Waals surface area contributed by atoms with Gasteiger partial charge >= 0.3 is 63.5 Å². The first-order valence-electron chi connectivity index (χ1n) is 9.28. The van der Waals surface area contributed by atoms with Crippen molar-refractivity contribution in [2.45, 2.75) is 18.9 Å². The Balaban J connectivity index is -0.00000113. The molecule has 4 rings (SSSR count). The minimum absolute atomic E-state index is 0. The summed E-state index contributed by atoms with van der Waals surface area (Å²) in [5.74, 6) is -2.09. The number of rotatable bonds is 3. The summed E-state index contributed by atoms with van der Waals surface area (Å²) in [6, 6.07) is 2.91. The minimum Gasteiger partial charge on any atom is -0.870 e. The molecular formula is C21H17FN3NaO7S2Tc-2. The molecule has 15 heteroatoms. The number of carbonyl (C=O) groups excluding carboxylic acids is 1. The van der Waals surface area contributed by atoms with Gasteiger partial charge in [0.25, 0.3) is 0 Å². The van der Waals surface area contributed by atoms with E-state index in [9.17, 15) is 19.1 Å². The summed E-state index contributed by atoms with van der Waals surface area (Å²) in [5, 5.41) is 11.4. The first kappa shape index (κ1) is 39.1. The van der Waals surface area contributed by atoms with Crippen LogP contribution in [0.5, 0.6) is 0 Å². The fourth-order valence-corrected chi connectivity index (χ4v) is 3.90. The Labute approximate surface area is 252 Å². The summed E-state index contributed by atoms with van der Waals surface area (Å²) in [4.78, 5) is 27.6. The summed E-state index contributed by atoms with van der Waals surface area (Å²) < 4.78 is 39.5. The second-order valence-electron chi connectivity index (χ2n) is 6.86. The number of carboxylic acid groups (broad SMARTS) is 1. The largest absolute Gasteiger partial charge is 1.00 e. The Morgan fingerprint density at radius 2 is 1.58 bits per heavy atom. The van der Waals surface area contributed by atoms with E-state index in [1.807, 2.05) is 9.80 Å². The van der Waals surface area contributed by atoms with Crippen LogP contribution in [0.4, 0.5) is 10.1 Å². The third kappa shape index (κ3) is 9.15. The zero-order valence-corrected chi connectivity index (χ0v) is 24.4. The van der Waals surface area contributed by atoms with Crippen LogP contribution in [0.25, 0.3) is 10.9 Å². The first-order chi connectivity index (χ1) is 15.9. The van der Waals surface area contributed by atoms with Crippen molar-refractivity contribution in [3.05, 3.63) is 59.9 Å². The molecule has 1 aromatic heterocycles. The van der Waals surface area contributed by atoms with Crippen LogP contribution in [0, 0.1) is 25.8 Å². The van der Waals surface area contributed by atoms with Gasteiger partial charge in [-0.1, -0.05) is 4.32 Å². The van der Waals surface area contributed by atoms with E-state index < -0.39 is 22.8 Å². The van der Waals surface area contributed by atoms with Crippen LogP contribution in [-0.2, 0) is 46.7 Å². The van der Waals surface area contributed by atoms with E-state index in [1.165, 1.54) is 6.20 Å². The molecule has 0 amide bonds. The molecule has 1 radical (unpaired) electrons. The van der Waals surface area contributed by atoms with Crippen molar-refractivity contribution in [3.8, 4) is 0 Å². The molecule has 2 heterocycles. The number of thiocarbonyl (C=S) groups is 1. The van der Waals surface area contributed by atoms with Crippen molar-refractivity contribution in [3.63, 3.8) is 0 Å². The van der Waals surface area contributed by atoms with Gasteiger partial charge in [-0.2, -0.15) is 0 Å². The van der Waals surface area contributed by atoms with Crippen molar-refractivity contribution in [2.24, 2.45) is 0 Å². The van der Waals surface area contributed by atoms with Crippen LogP contribution in [0.3, 0.4) is 0 Å². The third-order valence-electron chi connectivity index (χ3n) is 5.14. The zero-order chi connectivity index (χ0) is 25.3. The maximum absolute atomic E-state index is 14.8. The number of halogens is 1. The molecule has 2 aliphatic rings. The molecule has 0 bridgehead atoms. The van der Waals surface area contributed by atoms with E-state index in [-0.39, 0.29) is 66.6 Å². The number of anilines is 1. The van der Waals surface area contributed by atoms with Crippen LogP contribution in [0.15, 0.2) is 23.1 Å². The zero-order valence-electron chi connectivity index (χ0n) is 18.9. The van der Waals surface area contributed by atoms with Gasteiger partial charge in [0.2, 0.25) is 0 Å². The molecule has 1 aromatic carbocycles. The topological polar surface area (TPSA) is 158 Å². The number of carbonyl (C=O) groups is 1. The quantitative estimate of drug-likeness (QED) is 0.119. The van der Waals surface area contributed by atoms with Crippen LogP contribution >= 0.6 is 12.2 Å². The number of piperazine rings is 1. The van der Waals surface area contributed by atoms with Crippen molar-refractivity contribution < 1.29 is 83.4 Å². The average Bonchev–Trinajstić information content (AvgIpc) is 3.68. The van der Waals surface area contributed by atoms with E-state index in [0.29, 0.717) is 41.7 Å². The van der Waals surface area contributed by atoms with Crippen molar-refractivity contribution >= 4 is 51.7 Å². The van der Waals surface area contributed by atoms with Gasteiger partial charge in [-0.15, -0.1) is 0 Å². The number of aromatic carboxylic acids is 1. The molecular weight excluding hydrogens is 611 g/mol. The summed E-state index contributed by atoms with van der Waals surface area (Å²) in [6.45, 7) is 15.8. The Kier molecular flexibility index (Phi) is 20.4. The smallest absolute Gasteiger partial charge is 0.870 e. The molecule has 1 N–H and O–H groups in total. The van der Waals surface area contributed by atoms with E-state index in [1.54, 1.807) is 10.6 Å². The number of benzene rings is 1. The summed E-state index contributed by atoms with van der Waals surface area (Å²) in [5.41, 5.74) is -0.208. The fourth-order valence-electron chi connectivity index (χ4n) is 3.53. The van der Waals surface area contributed by atoms with Gasteiger partial charge in [-0.3, -0.25) is 4.79 Å². The van der Waals surface area contributed by atoms with Crippen LogP contribution in [0.1, 0.15) is 29.2 Å². The van der Waals surface area contributed by atoms with Crippen LogP contribution in [-0.4, -0.2) is 51.4 Å². The SMILES string of the molecule is O=C([O-])c1cn(C2CC2)c2cc(N3CCN(C(=S)[S-])CC3)c(F)cc2c1=O.[99Tc].[C-]#[O+].[C-]#[O+].[C-]#[O+].[Na+].[OH-]. The van der Waals surface area contributed by atoms with Gasteiger partial charge in [-0.25, -0.2) is 4.39 Å². The van der Waals surface area contributed by atoms with Crippen LogP contribution in [0.2, 0.25) is 0 Å². The monoisotopic (exact) mass is 628 g/mol. The molecule has 36 heavy (non-hydrogen) atoms. The second-order valence-corrected chi connectivity index (χ2v) is 7.89. The number of hydrogen-bond acceptors (Lipinski definition) is 7. The number of pyridine rings is 1. The number of nitrogens with zero attached hydrogens (tertiary/aromatic N) is 3. The summed E-state index contributed by atoms with van der Waals surface area (Å²) in [7, 11) is 0. The van der Waals surface area contributed by atoms with Gasteiger partial charge in [0, 0.05) is 63.9 Å². The Morgan fingerprint density at radius 1 is 1.08 bits per heavy atom. The fraction of sp³-hybridized carbons (Fsp3) is 0.333. The van der Waals surface area contributed by atoms with Gasteiger partial charge in [-0.05, 0) is 25.0 Å². The van der Waals surface area contributed by atoms with Gasteiger partial charge in [0.15, 0.2) is 5.43 Å². The normalized spacial score (nSPS) is 13.2. The van der Waals surface area contributed by atoms with E-state index in [0.717, 1.165) is 18.9 Å². The molecule has 0 atom stereocenters. The molecule has 2 aromatic rings. The molecule has 2 fully saturated rings. The Hall–Kier alpha value is -1.43. The third-order valence-corrected chi connectivity index (χ3v) is 5.66. The molecule has 0 spiro atoms. The predicted octanol–water partition coefficient (Wildman–Crippen LogP) is -2.50. The minimum atomic E-state index is -1.54. The molecule has 10 nitrogen and oxygen atoms in total. The average molecular weight is 628 g/mol. The predicted molar refractivity (Wildman–Crippen MR) is 118 cm³/mol. The maximum Gasteiger partial charge on any atom is 1.00 e. The molecule has 1 aliphatic carbocycles. The Morgan fingerprint density at radius 3 is 2.00 bits per heavy atom. The van der Waals surface area contributed by atoms with Crippen LogP contribution < -0.4 is 45.0 Å². The van der Waals surface area contributed by atoms with E-state index in [2.05, 4.69) is 20.0 Å². The molecule has 1 saturated carbocycles. The standard InChI is InChI=1S/C18H18FN3O3S2.3CO.Na.H2O.Tc/c19-13-7-11-14(8-15(13)20-3-5-21(6-4-20)18(26)27)22(10-1-2-10)9-12(16(11)23)17(24)25;3*1-2;;;/h7-10H,1-6H2,(H,24,25)(H,26,27);;;;;1H2;/q;;;;+1;;/p-3/i;;;;;;1+1. The maximum atomic E-state index is 14.8.